The standard InChI is InChI=1S/C20H33S/c1-15(2)8-9-16(3)12-19-11-10-17(4)13-20(21(6)7)14-18(19)5/h6,10-11,15,18-20H,3-4,8-9,12-14H2,1-2,5,7H3/q-1/b11-10-. The summed E-state index contributed by atoms with van der Waals surface area (Å²) in [6.07, 6.45) is 12.6. The molecule has 0 amide bonds. The van der Waals surface area contributed by atoms with Gasteiger partial charge in [-0.05, 0) is 43.4 Å². The fourth-order valence-electron chi connectivity index (χ4n) is 2.96. The maximum absolute atomic E-state index is 6.18. The van der Waals surface area contributed by atoms with E-state index >= 15 is 0 Å². The molecule has 0 saturated heterocycles. The molecule has 0 radical (unpaired) electrons. The summed E-state index contributed by atoms with van der Waals surface area (Å²) < 4.78 is 0. The SMILES string of the molecule is C#[S-](C)C1CC(=C)/C=C\C(CC(=C)CCC(C)C)C(C)C1. The molecule has 0 N–H and O–H groups in total. The highest BCUT2D eigenvalue weighted by Crippen LogP contribution is 2.32. The average molecular weight is 306 g/mol. The molecule has 0 aromatic rings. The molecule has 0 fully saturated rings. The van der Waals surface area contributed by atoms with E-state index in [9.17, 15) is 0 Å². The first-order chi connectivity index (χ1) is 9.79. The van der Waals surface area contributed by atoms with Crippen LogP contribution in [0.25, 0.3) is 0 Å². The van der Waals surface area contributed by atoms with Crippen LogP contribution in [0.2, 0.25) is 0 Å². The molecule has 21 heavy (non-hydrogen) atoms. The molecule has 3 unspecified atom stereocenters. The van der Waals surface area contributed by atoms with Gasteiger partial charge in [-0.3, -0.25) is 0 Å². The number of hydrogen-bond acceptors (Lipinski definition) is 1. The van der Waals surface area contributed by atoms with Crippen LogP contribution in [0.3, 0.4) is 0 Å². The lowest BCUT2D eigenvalue weighted by atomic mass is 9.81. The second-order valence-electron chi connectivity index (χ2n) is 7.21. The first kappa shape index (κ1) is 18.4. The minimum atomic E-state index is -0.0166. The van der Waals surface area contributed by atoms with E-state index in [1.54, 1.807) is 0 Å². The Morgan fingerprint density at radius 2 is 2.14 bits per heavy atom. The zero-order valence-electron chi connectivity index (χ0n) is 14.4. The zero-order valence-corrected chi connectivity index (χ0v) is 15.2. The molecule has 0 heterocycles. The van der Waals surface area contributed by atoms with Crippen LogP contribution in [0.15, 0.2) is 36.5 Å². The van der Waals surface area contributed by atoms with Gasteiger partial charge in [0.2, 0.25) is 0 Å². The third kappa shape index (κ3) is 6.76. The molecular weight excluding hydrogens is 272 g/mol. The first-order valence-corrected chi connectivity index (χ1v) is 9.97. The fourth-order valence-corrected chi connectivity index (χ4v) is 4.05. The second kappa shape index (κ2) is 8.71. The van der Waals surface area contributed by atoms with Crippen molar-refractivity contribution in [3.05, 3.63) is 36.5 Å². The normalized spacial score (nSPS) is 28.4. The monoisotopic (exact) mass is 305 g/mol. The van der Waals surface area contributed by atoms with Crippen LogP contribution in [0.1, 0.15) is 52.9 Å². The number of hydrogen-bond donors (Lipinski definition) is 0. The van der Waals surface area contributed by atoms with Crippen LogP contribution in [0.4, 0.5) is 0 Å². The molecule has 120 valence electrons. The highest BCUT2D eigenvalue weighted by molar-refractivity contribution is 7.86. The van der Waals surface area contributed by atoms with Gasteiger partial charge in [0.15, 0.2) is 0 Å². The van der Waals surface area contributed by atoms with Crippen molar-refractivity contribution in [1.82, 2.24) is 0 Å². The van der Waals surface area contributed by atoms with E-state index in [1.807, 2.05) is 0 Å². The van der Waals surface area contributed by atoms with Crippen molar-refractivity contribution in [3.8, 4) is 5.69 Å². The molecule has 1 heteroatoms. The highest BCUT2D eigenvalue weighted by Gasteiger charge is 2.19. The second-order valence-corrected chi connectivity index (χ2v) is 9.10. The van der Waals surface area contributed by atoms with E-state index in [0.717, 1.165) is 25.2 Å². The smallest absolute Gasteiger partial charge is 0.0168 e. The predicted molar refractivity (Wildman–Crippen MR) is 100 cm³/mol. The van der Waals surface area contributed by atoms with Gasteiger partial charge < -0.3 is 16.0 Å². The molecule has 0 aliphatic heterocycles. The van der Waals surface area contributed by atoms with Gasteiger partial charge in [-0.2, -0.15) is 0 Å². The minimum Gasteiger partial charge on any atom is -0.457 e. The summed E-state index contributed by atoms with van der Waals surface area (Å²) in [5.41, 5.74) is 8.82. The predicted octanol–water partition coefficient (Wildman–Crippen LogP) is 5.73. The van der Waals surface area contributed by atoms with Gasteiger partial charge in [-0.25, -0.2) is 0 Å². The Balaban J connectivity index is 2.70. The summed E-state index contributed by atoms with van der Waals surface area (Å²) in [5, 5.41) is 0.587. The Morgan fingerprint density at radius 1 is 1.48 bits per heavy atom. The lowest BCUT2D eigenvalue weighted by molar-refractivity contribution is 0.384. The Labute approximate surface area is 135 Å². The summed E-state index contributed by atoms with van der Waals surface area (Å²) in [4.78, 5) is 0. The lowest BCUT2D eigenvalue weighted by Gasteiger charge is -2.34. The summed E-state index contributed by atoms with van der Waals surface area (Å²) in [6.45, 7) is 15.4. The van der Waals surface area contributed by atoms with Crippen LogP contribution in [-0.2, 0) is 10.3 Å². The lowest BCUT2D eigenvalue weighted by Crippen LogP contribution is -2.22. The molecule has 0 spiro atoms. The fraction of sp³-hybridized carbons (Fsp3) is 0.650. The minimum absolute atomic E-state index is 0.0166. The van der Waals surface area contributed by atoms with E-state index in [0.29, 0.717) is 17.1 Å². The van der Waals surface area contributed by atoms with Gasteiger partial charge in [-0.15, -0.1) is 11.5 Å². The van der Waals surface area contributed by atoms with Crippen molar-refractivity contribution in [2.75, 3.05) is 6.26 Å². The van der Waals surface area contributed by atoms with Crippen molar-refractivity contribution in [1.29, 1.82) is 0 Å². The third-order valence-electron chi connectivity index (χ3n) is 4.56. The topological polar surface area (TPSA) is 0 Å². The Hall–Kier alpha value is -0.650. The first-order valence-electron chi connectivity index (χ1n) is 8.21. The van der Waals surface area contributed by atoms with Crippen LogP contribution in [-0.4, -0.2) is 11.5 Å². The third-order valence-corrected chi connectivity index (χ3v) is 5.97. The molecule has 0 nitrogen and oxygen atoms in total. The van der Waals surface area contributed by atoms with E-state index in [2.05, 4.69) is 52.3 Å². The maximum Gasteiger partial charge on any atom is -0.0168 e. The Bertz CT molecular complexity index is 458. The highest BCUT2D eigenvalue weighted by atomic mass is 32.2. The summed E-state index contributed by atoms with van der Waals surface area (Å²) >= 11 is 0. The van der Waals surface area contributed by atoms with Gasteiger partial charge in [0.1, 0.15) is 0 Å². The van der Waals surface area contributed by atoms with Crippen molar-refractivity contribution in [2.24, 2.45) is 17.8 Å². The molecule has 1 aliphatic carbocycles. The zero-order chi connectivity index (χ0) is 16.0. The Kier molecular flexibility index (Phi) is 7.63. The van der Waals surface area contributed by atoms with Gasteiger partial charge >= 0.3 is 0 Å². The molecule has 0 aromatic heterocycles. The molecular formula is C20H33S-. The van der Waals surface area contributed by atoms with Crippen LogP contribution in [0.5, 0.6) is 0 Å². The summed E-state index contributed by atoms with van der Waals surface area (Å²) in [6, 6.07) is 0. The van der Waals surface area contributed by atoms with Gasteiger partial charge in [0, 0.05) is 0 Å². The van der Waals surface area contributed by atoms with E-state index < -0.39 is 0 Å². The maximum atomic E-state index is 6.18. The van der Waals surface area contributed by atoms with Gasteiger partial charge in [0.25, 0.3) is 0 Å². The van der Waals surface area contributed by atoms with Gasteiger partial charge in [0.05, 0.1) is 0 Å². The van der Waals surface area contributed by atoms with Crippen molar-refractivity contribution >= 4 is 10.3 Å². The molecule has 3 atom stereocenters. The van der Waals surface area contributed by atoms with Crippen molar-refractivity contribution in [3.63, 3.8) is 0 Å². The number of rotatable bonds is 5. The van der Waals surface area contributed by atoms with Crippen LogP contribution in [0, 0.1) is 23.4 Å². The van der Waals surface area contributed by atoms with Crippen LogP contribution >= 0.6 is 0 Å². The van der Waals surface area contributed by atoms with Crippen molar-refractivity contribution < 1.29 is 0 Å². The number of allylic oxidation sites excluding steroid dienone is 4. The van der Waals surface area contributed by atoms with E-state index in [-0.39, 0.29) is 10.3 Å². The largest absolute Gasteiger partial charge is 0.457 e. The molecule has 0 aromatic carbocycles. The Morgan fingerprint density at radius 3 is 2.71 bits per heavy atom. The average Bonchev–Trinajstić information content (AvgIpc) is 2.38. The van der Waals surface area contributed by atoms with Crippen molar-refractivity contribution in [2.45, 2.75) is 58.1 Å². The van der Waals surface area contributed by atoms with E-state index in [1.165, 1.54) is 24.0 Å². The molecule has 1 aliphatic rings. The van der Waals surface area contributed by atoms with E-state index in [4.69, 9.17) is 5.69 Å². The molecule has 0 bridgehead atoms. The summed E-state index contributed by atoms with van der Waals surface area (Å²) in [7, 11) is -0.0166. The molecule has 0 saturated carbocycles. The van der Waals surface area contributed by atoms with Gasteiger partial charge in [-0.1, -0.05) is 63.6 Å². The summed E-state index contributed by atoms with van der Waals surface area (Å²) in [5.74, 6) is 2.02. The quantitative estimate of drug-likeness (QED) is 0.449. The van der Waals surface area contributed by atoms with Crippen LogP contribution < -0.4 is 0 Å². The molecule has 1 rings (SSSR count).